The van der Waals surface area contributed by atoms with Crippen molar-refractivity contribution in [2.75, 3.05) is 13.2 Å². The van der Waals surface area contributed by atoms with Crippen LogP contribution in [0.3, 0.4) is 0 Å². The summed E-state index contributed by atoms with van der Waals surface area (Å²) in [7, 11) is 0. The lowest BCUT2D eigenvalue weighted by Gasteiger charge is -2.18. The first-order chi connectivity index (χ1) is 13.8. The van der Waals surface area contributed by atoms with Crippen molar-refractivity contribution in [2.45, 2.75) is 12.3 Å². The lowest BCUT2D eigenvalue weighted by Crippen LogP contribution is -2.30. The van der Waals surface area contributed by atoms with Gasteiger partial charge in [0.15, 0.2) is 6.61 Å². The van der Waals surface area contributed by atoms with Gasteiger partial charge in [0.05, 0.1) is 5.56 Å². The summed E-state index contributed by atoms with van der Waals surface area (Å²) in [6.45, 7) is 0.427. The van der Waals surface area contributed by atoms with Crippen LogP contribution in [0.2, 0.25) is 0 Å². The maximum Gasteiger partial charge on any atom is 0.257 e. The Morgan fingerprint density at radius 3 is 2.07 bits per heavy atom. The van der Waals surface area contributed by atoms with Crippen LogP contribution in [0, 0.1) is 11.3 Å². The predicted molar refractivity (Wildman–Crippen MR) is 109 cm³/mol. The lowest BCUT2D eigenvalue weighted by atomic mass is 9.88. The van der Waals surface area contributed by atoms with Crippen LogP contribution in [0.25, 0.3) is 0 Å². The van der Waals surface area contributed by atoms with Gasteiger partial charge >= 0.3 is 0 Å². The number of carbonyl (C=O) groups excluding carboxylic acids is 1. The Kier molecular flexibility index (Phi) is 6.81. The highest BCUT2D eigenvalue weighted by Crippen LogP contribution is 2.27. The van der Waals surface area contributed by atoms with Gasteiger partial charge in [0.25, 0.3) is 5.91 Å². The van der Waals surface area contributed by atoms with Crippen LogP contribution >= 0.6 is 0 Å². The Morgan fingerprint density at radius 2 is 1.46 bits per heavy atom. The number of nitriles is 1. The second-order valence-corrected chi connectivity index (χ2v) is 6.41. The Hall–Kier alpha value is -3.58. The number of hydrogen-bond acceptors (Lipinski definition) is 3. The molecule has 0 aliphatic carbocycles. The Labute approximate surface area is 165 Å². The second-order valence-electron chi connectivity index (χ2n) is 6.41. The predicted octanol–water partition coefficient (Wildman–Crippen LogP) is 4.28. The smallest absolute Gasteiger partial charge is 0.257 e. The van der Waals surface area contributed by atoms with E-state index in [2.05, 4.69) is 35.7 Å². The van der Waals surface area contributed by atoms with E-state index in [4.69, 9.17) is 10.00 Å². The molecule has 3 rings (SSSR count). The number of hydrogen-bond donors (Lipinski definition) is 1. The highest BCUT2D eigenvalue weighted by molar-refractivity contribution is 5.77. The van der Waals surface area contributed by atoms with E-state index >= 15 is 0 Å². The first kappa shape index (κ1) is 19.2. The topological polar surface area (TPSA) is 62.1 Å². The molecule has 0 bridgehead atoms. The molecular weight excluding hydrogens is 348 g/mol. The van der Waals surface area contributed by atoms with Gasteiger partial charge in [-0.15, -0.1) is 0 Å². The van der Waals surface area contributed by atoms with Crippen LogP contribution in [0.5, 0.6) is 5.75 Å². The van der Waals surface area contributed by atoms with E-state index in [-0.39, 0.29) is 18.4 Å². The molecule has 4 nitrogen and oxygen atoms in total. The highest BCUT2D eigenvalue weighted by atomic mass is 16.5. The van der Waals surface area contributed by atoms with E-state index < -0.39 is 0 Å². The van der Waals surface area contributed by atoms with E-state index in [0.717, 1.165) is 6.42 Å². The zero-order chi connectivity index (χ0) is 19.6. The summed E-state index contributed by atoms with van der Waals surface area (Å²) in [4.78, 5) is 12.2. The molecule has 0 radical (unpaired) electrons. The largest absolute Gasteiger partial charge is 0.482 e. The van der Waals surface area contributed by atoms with Crippen molar-refractivity contribution in [1.82, 2.24) is 5.32 Å². The van der Waals surface area contributed by atoms with Gasteiger partial charge in [-0.1, -0.05) is 72.8 Å². The molecule has 1 amide bonds. The minimum atomic E-state index is -0.201. The molecule has 4 heteroatoms. The Bertz CT molecular complexity index is 894. The number of benzene rings is 3. The van der Waals surface area contributed by atoms with Crippen LogP contribution in [0.1, 0.15) is 29.0 Å². The SMILES string of the molecule is N#Cc1ccccc1OCC(=O)NCCC(c1ccccc1)c1ccccc1. The maximum atomic E-state index is 12.2. The van der Waals surface area contributed by atoms with Crippen molar-refractivity contribution in [3.63, 3.8) is 0 Å². The Morgan fingerprint density at radius 1 is 0.893 bits per heavy atom. The molecule has 0 fully saturated rings. The van der Waals surface area contributed by atoms with Gasteiger partial charge in [0, 0.05) is 12.5 Å². The summed E-state index contributed by atoms with van der Waals surface area (Å²) >= 11 is 0. The van der Waals surface area contributed by atoms with Crippen molar-refractivity contribution in [3.05, 3.63) is 102 Å². The van der Waals surface area contributed by atoms with Gasteiger partial charge in [0.2, 0.25) is 0 Å². The average Bonchev–Trinajstić information content (AvgIpc) is 2.76. The quantitative estimate of drug-likeness (QED) is 0.644. The molecular formula is C24H22N2O2. The first-order valence-electron chi connectivity index (χ1n) is 9.26. The number of amides is 1. The van der Waals surface area contributed by atoms with Crippen LogP contribution in [0.15, 0.2) is 84.9 Å². The maximum absolute atomic E-state index is 12.2. The molecule has 0 saturated carbocycles. The highest BCUT2D eigenvalue weighted by Gasteiger charge is 2.14. The molecule has 28 heavy (non-hydrogen) atoms. The third-order valence-electron chi connectivity index (χ3n) is 4.53. The molecule has 0 spiro atoms. The number of rotatable bonds is 8. The van der Waals surface area contributed by atoms with Gasteiger partial charge in [-0.25, -0.2) is 0 Å². The van der Waals surface area contributed by atoms with Gasteiger partial charge in [0.1, 0.15) is 11.8 Å². The molecule has 140 valence electrons. The van der Waals surface area contributed by atoms with E-state index in [1.807, 2.05) is 36.4 Å². The van der Waals surface area contributed by atoms with Crippen molar-refractivity contribution in [3.8, 4) is 11.8 Å². The summed E-state index contributed by atoms with van der Waals surface area (Å²) in [6, 6.07) is 29.5. The summed E-state index contributed by atoms with van der Waals surface area (Å²) in [5.41, 5.74) is 2.87. The zero-order valence-electron chi connectivity index (χ0n) is 15.5. The summed E-state index contributed by atoms with van der Waals surface area (Å²) < 4.78 is 5.48. The minimum Gasteiger partial charge on any atom is -0.482 e. The molecule has 0 unspecified atom stereocenters. The second kappa shape index (κ2) is 9.94. The molecule has 0 saturated heterocycles. The zero-order valence-corrected chi connectivity index (χ0v) is 15.5. The van der Waals surface area contributed by atoms with Gasteiger partial charge in [-0.3, -0.25) is 4.79 Å². The van der Waals surface area contributed by atoms with Crippen molar-refractivity contribution >= 4 is 5.91 Å². The van der Waals surface area contributed by atoms with Crippen molar-refractivity contribution in [2.24, 2.45) is 0 Å². The van der Waals surface area contributed by atoms with E-state index in [9.17, 15) is 4.79 Å². The molecule has 1 N–H and O–H groups in total. The van der Waals surface area contributed by atoms with Crippen LogP contribution in [0.4, 0.5) is 0 Å². The molecule has 0 aliphatic rings. The normalized spacial score (nSPS) is 10.3. The van der Waals surface area contributed by atoms with Crippen molar-refractivity contribution < 1.29 is 9.53 Å². The lowest BCUT2D eigenvalue weighted by molar-refractivity contribution is -0.123. The fourth-order valence-corrected chi connectivity index (χ4v) is 3.13. The van der Waals surface area contributed by atoms with Gasteiger partial charge in [-0.05, 0) is 29.7 Å². The van der Waals surface area contributed by atoms with E-state index in [1.165, 1.54) is 11.1 Å². The van der Waals surface area contributed by atoms with E-state index in [0.29, 0.717) is 17.9 Å². The fraction of sp³-hybridized carbons (Fsp3) is 0.167. The average molecular weight is 370 g/mol. The fourth-order valence-electron chi connectivity index (χ4n) is 3.13. The van der Waals surface area contributed by atoms with Crippen molar-refractivity contribution in [1.29, 1.82) is 5.26 Å². The number of carbonyl (C=O) groups is 1. The van der Waals surface area contributed by atoms with Gasteiger partial charge in [-0.2, -0.15) is 5.26 Å². The van der Waals surface area contributed by atoms with Crippen LogP contribution in [-0.4, -0.2) is 19.1 Å². The van der Waals surface area contributed by atoms with E-state index in [1.54, 1.807) is 24.3 Å². The molecule has 0 heterocycles. The summed E-state index contributed by atoms with van der Waals surface area (Å²) in [6.07, 6.45) is 0.786. The summed E-state index contributed by atoms with van der Waals surface area (Å²) in [5, 5.41) is 12.0. The molecule has 3 aromatic carbocycles. The monoisotopic (exact) mass is 370 g/mol. The number of ether oxygens (including phenoxy) is 1. The van der Waals surface area contributed by atoms with Gasteiger partial charge < -0.3 is 10.1 Å². The summed E-state index contributed by atoms with van der Waals surface area (Å²) in [5.74, 6) is 0.433. The first-order valence-corrected chi connectivity index (χ1v) is 9.26. The standard InChI is InChI=1S/C24H22N2O2/c25-17-21-13-7-8-14-23(21)28-18-24(27)26-16-15-22(19-9-3-1-4-10-19)20-11-5-2-6-12-20/h1-14,22H,15-16,18H2,(H,26,27). The van der Waals surface area contributed by atoms with Crippen LogP contribution < -0.4 is 10.1 Å². The Balaban J connectivity index is 1.55. The van der Waals surface area contributed by atoms with Crippen LogP contribution in [-0.2, 0) is 4.79 Å². The molecule has 3 aromatic rings. The molecule has 0 aromatic heterocycles. The number of nitrogens with one attached hydrogen (secondary N) is 1. The minimum absolute atomic E-state index is 0.111. The number of para-hydroxylation sites is 1. The third-order valence-corrected chi connectivity index (χ3v) is 4.53. The number of nitrogens with zero attached hydrogens (tertiary/aromatic N) is 1. The third kappa shape index (κ3) is 5.21. The molecule has 0 aliphatic heterocycles. The molecule has 0 atom stereocenters.